The molecule has 17 heavy (non-hydrogen) atoms. The molecule has 0 aliphatic carbocycles. The van der Waals surface area contributed by atoms with Crippen molar-refractivity contribution < 1.29 is 9.53 Å². The summed E-state index contributed by atoms with van der Waals surface area (Å²) in [6, 6.07) is 10.3. The van der Waals surface area contributed by atoms with Gasteiger partial charge in [-0.05, 0) is 12.0 Å². The fraction of sp³-hybridized carbons (Fsp3) is 0.500. The molecule has 92 valence electrons. The van der Waals surface area contributed by atoms with Crippen LogP contribution in [0.15, 0.2) is 30.3 Å². The zero-order valence-electron chi connectivity index (χ0n) is 10.2. The summed E-state index contributed by atoms with van der Waals surface area (Å²) < 4.78 is 5.84. The molecule has 0 aromatic heterocycles. The SMILES string of the molecule is CCC[C@H]1NC(=O)C[C@@H]1OCc1ccccc1. The van der Waals surface area contributed by atoms with Gasteiger partial charge in [-0.3, -0.25) is 4.79 Å². The lowest BCUT2D eigenvalue weighted by Gasteiger charge is -2.18. The monoisotopic (exact) mass is 233 g/mol. The molecule has 2 rings (SSSR count). The maximum Gasteiger partial charge on any atom is 0.223 e. The largest absolute Gasteiger partial charge is 0.371 e. The molecule has 1 saturated heterocycles. The lowest BCUT2D eigenvalue weighted by Crippen LogP contribution is -2.32. The maximum absolute atomic E-state index is 11.4. The molecule has 1 N–H and O–H groups in total. The number of rotatable bonds is 5. The Morgan fingerprint density at radius 1 is 1.35 bits per heavy atom. The van der Waals surface area contributed by atoms with E-state index in [2.05, 4.69) is 12.2 Å². The molecular weight excluding hydrogens is 214 g/mol. The summed E-state index contributed by atoms with van der Waals surface area (Å²) >= 11 is 0. The van der Waals surface area contributed by atoms with Crippen molar-refractivity contribution in [2.24, 2.45) is 0 Å². The van der Waals surface area contributed by atoms with E-state index >= 15 is 0 Å². The van der Waals surface area contributed by atoms with Gasteiger partial charge in [0, 0.05) is 0 Å². The van der Waals surface area contributed by atoms with Crippen LogP contribution in [0, 0.1) is 0 Å². The Hall–Kier alpha value is -1.35. The fourth-order valence-corrected chi connectivity index (χ4v) is 2.21. The van der Waals surface area contributed by atoms with Crippen LogP contribution in [0.5, 0.6) is 0 Å². The second-order valence-electron chi connectivity index (χ2n) is 4.50. The van der Waals surface area contributed by atoms with Crippen LogP contribution < -0.4 is 5.32 Å². The highest BCUT2D eigenvalue weighted by Crippen LogP contribution is 2.18. The molecule has 0 radical (unpaired) electrons. The summed E-state index contributed by atoms with van der Waals surface area (Å²) in [6.45, 7) is 2.71. The normalized spacial score (nSPS) is 23.7. The van der Waals surface area contributed by atoms with Gasteiger partial charge in [-0.15, -0.1) is 0 Å². The molecule has 1 aliphatic rings. The van der Waals surface area contributed by atoms with Crippen molar-refractivity contribution in [3.8, 4) is 0 Å². The van der Waals surface area contributed by atoms with Crippen molar-refractivity contribution in [2.45, 2.75) is 44.9 Å². The third kappa shape index (κ3) is 3.30. The van der Waals surface area contributed by atoms with Gasteiger partial charge in [0.25, 0.3) is 0 Å². The molecule has 1 aliphatic heterocycles. The number of carbonyl (C=O) groups excluding carboxylic acids is 1. The van der Waals surface area contributed by atoms with Crippen LogP contribution in [0.2, 0.25) is 0 Å². The Balaban J connectivity index is 1.87. The minimum atomic E-state index is 0.0302. The Labute approximate surface area is 102 Å². The lowest BCUT2D eigenvalue weighted by molar-refractivity contribution is -0.119. The first-order chi connectivity index (χ1) is 8.29. The van der Waals surface area contributed by atoms with Crippen molar-refractivity contribution in [3.63, 3.8) is 0 Å². The number of nitrogens with one attached hydrogen (secondary N) is 1. The molecule has 1 fully saturated rings. The minimum absolute atomic E-state index is 0.0302. The topological polar surface area (TPSA) is 38.3 Å². The third-order valence-electron chi connectivity index (χ3n) is 3.09. The Morgan fingerprint density at radius 2 is 2.12 bits per heavy atom. The molecule has 0 spiro atoms. The summed E-state index contributed by atoms with van der Waals surface area (Å²) in [4.78, 5) is 11.4. The summed E-state index contributed by atoms with van der Waals surface area (Å²) in [6.07, 6.45) is 2.58. The van der Waals surface area contributed by atoms with Crippen LogP contribution in [0.3, 0.4) is 0 Å². The van der Waals surface area contributed by atoms with E-state index in [1.807, 2.05) is 30.3 Å². The summed E-state index contributed by atoms with van der Waals surface area (Å²) in [5.74, 6) is 0.113. The Bertz CT molecular complexity index is 364. The molecule has 3 nitrogen and oxygen atoms in total. The smallest absolute Gasteiger partial charge is 0.223 e. The second kappa shape index (κ2) is 5.82. The predicted molar refractivity (Wildman–Crippen MR) is 66.5 cm³/mol. The summed E-state index contributed by atoms with van der Waals surface area (Å²) in [5, 5.41) is 2.98. The molecule has 1 aromatic rings. The molecule has 2 atom stereocenters. The summed E-state index contributed by atoms with van der Waals surface area (Å²) in [7, 11) is 0. The van der Waals surface area contributed by atoms with Crippen LogP contribution in [-0.2, 0) is 16.1 Å². The first kappa shape index (κ1) is 12.1. The number of amides is 1. The first-order valence-electron chi connectivity index (χ1n) is 6.24. The van der Waals surface area contributed by atoms with Crippen LogP contribution in [0.1, 0.15) is 31.7 Å². The molecule has 0 unspecified atom stereocenters. The van der Waals surface area contributed by atoms with E-state index in [-0.39, 0.29) is 18.1 Å². The van der Waals surface area contributed by atoms with Crippen LogP contribution in [0.4, 0.5) is 0 Å². The fourth-order valence-electron chi connectivity index (χ4n) is 2.21. The molecule has 0 saturated carbocycles. The van der Waals surface area contributed by atoms with E-state index < -0.39 is 0 Å². The maximum atomic E-state index is 11.4. The number of benzene rings is 1. The highest BCUT2D eigenvalue weighted by Gasteiger charge is 2.32. The van der Waals surface area contributed by atoms with Crippen molar-refractivity contribution in [1.29, 1.82) is 0 Å². The molecule has 1 amide bonds. The van der Waals surface area contributed by atoms with Gasteiger partial charge < -0.3 is 10.1 Å². The molecular formula is C14H19NO2. The Kier molecular flexibility index (Phi) is 4.15. The van der Waals surface area contributed by atoms with Crippen LogP contribution in [-0.4, -0.2) is 18.1 Å². The average molecular weight is 233 g/mol. The van der Waals surface area contributed by atoms with Gasteiger partial charge in [-0.2, -0.15) is 0 Å². The van der Waals surface area contributed by atoms with Crippen molar-refractivity contribution >= 4 is 5.91 Å². The molecule has 1 aromatic carbocycles. The zero-order chi connectivity index (χ0) is 12.1. The zero-order valence-corrected chi connectivity index (χ0v) is 10.2. The van der Waals surface area contributed by atoms with Gasteiger partial charge in [-0.1, -0.05) is 43.7 Å². The highest BCUT2D eigenvalue weighted by atomic mass is 16.5. The van der Waals surface area contributed by atoms with Gasteiger partial charge in [0.2, 0.25) is 5.91 Å². The van der Waals surface area contributed by atoms with Crippen molar-refractivity contribution in [1.82, 2.24) is 5.32 Å². The number of hydrogen-bond acceptors (Lipinski definition) is 2. The second-order valence-corrected chi connectivity index (χ2v) is 4.50. The minimum Gasteiger partial charge on any atom is -0.371 e. The number of hydrogen-bond donors (Lipinski definition) is 1. The average Bonchev–Trinajstić information content (AvgIpc) is 2.69. The molecule has 1 heterocycles. The first-order valence-corrected chi connectivity index (χ1v) is 6.24. The number of ether oxygens (including phenoxy) is 1. The lowest BCUT2D eigenvalue weighted by atomic mass is 10.1. The Morgan fingerprint density at radius 3 is 2.82 bits per heavy atom. The standard InChI is InChI=1S/C14H19NO2/c1-2-6-12-13(9-14(16)15-12)17-10-11-7-4-3-5-8-11/h3-5,7-8,12-13H,2,6,9-10H2,1H3,(H,15,16)/t12-,13+/m1/s1. The van der Waals surface area contributed by atoms with E-state index in [1.54, 1.807) is 0 Å². The third-order valence-corrected chi connectivity index (χ3v) is 3.09. The van der Waals surface area contributed by atoms with Gasteiger partial charge in [0.15, 0.2) is 0 Å². The van der Waals surface area contributed by atoms with E-state index in [9.17, 15) is 4.79 Å². The van der Waals surface area contributed by atoms with E-state index in [0.717, 1.165) is 18.4 Å². The van der Waals surface area contributed by atoms with Gasteiger partial charge >= 0.3 is 0 Å². The predicted octanol–water partition coefficient (Wildman–Crippen LogP) is 2.26. The van der Waals surface area contributed by atoms with E-state index in [1.165, 1.54) is 0 Å². The highest BCUT2D eigenvalue weighted by molar-refractivity contribution is 5.79. The number of carbonyl (C=O) groups is 1. The quantitative estimate of drug-likeness (QED) is 0.847. The molecule has 3 heteroatoms. The van der Waals surface area contributed by atoms with Gasteiger partial charge in [0.1, 0.15) is 0 Å². The van der Waals surface area contributed by atoms with Crippen molar-refractivity contribution in [2.75, 3.05) is 0 Å². The van der Waals surface area contributed by atoms with Crippen LogP contribution in [0.25, 0.3) is 0 Å². The van der Waals surface area contributed by atoms with E-state index in [4.69, 9.17) is 4.74 Å². The van der Waals surface area contributed by atoms with Crippen molar-refractivity contribution in [3.05, 3.63) is 35.9 Å². The molecule has 0 bridgehead atoms. The van der Waals surface area contributed by atoms with Gasteiger partial charge in [0.05, 0.1) is 25.2 Å². The van der Waals surface area contributed by atoms with E-state index in [0.29, 0.717) is 13.0 Å². The van der Waals surface area contributed by atoms with Gasteiger partial charge in [-0.25, -0.2) is 0 Å². The summed E-state index contributed by atoms with van der Waals surface area (Å²) in [5.41, 5.74) is 1.15. The van der Waals surface area contributed by atoms with Crippen LogP contribution >= 0.6 is 0 Å².